The number of methoxy groups -OCH3 is 1. The van der Waals surface area contributed by atoms with Crippen molar-refractivity contribution in [2.75, 3.05) is 20.3 Å². The van der Waals surface area contributed by atoms with Crippen LogP contribution in [-0.2, 0) is 23.1 Å². The summed E-state index contributed by atoms with van der Waals surface area (Å²) in [5, 5.41) is 0. The summed E-state index contributed by atoms with van der Waals surface area (Å²) in [6.07, 6.45) is 5.57. The molecule has 0 radical (unpaired) electrons. The highest BCUT2D eigenvalue weighted by atomic mass is 16.5. The number of carbonyl (C=O) groups excluding carboxylic acids is 1. The average Bonchev–Trinajstić information content (AvgIpc) is 2.80. The highest BCUT2D eigenvalue weighted by molar-refractivity contribution is 5.76. The first-order valence-corrected chi connectivity index (χ1v) is 7.06. The van der Waals surface area contributed by atoms with E-state index in [4.69, 9.17) is 4.74 Å². The lowest BCUT2D eigenvalue weighted by Gasteiger charge is -2.23. The SMILES string of the molecule is CCCCC(=O)N(CCCOC)Cc1cccn1C. The van der Waals surface area contributed by atoms with Gasteiger partial charge in [-0.1, -0.05) is 13.3 Å². The zero-order valence-electron chi connectivity index (χ0n) is 12.4. The highest BCUT2D eigenvalue weighted by Gasteiger charge is 2.14. The molecule has 0 saturated heterocycles. The van der Waals surface area contributed by atoms with E-state index in [9.17, 15) is 4.79 Å². The summed E-state index contributed by atoms with van der Waals surface area (Å²) in [7, 11) is 3.71. The van der Waals surface area contributed by atoms with Gasteiger partial charge < -0.3 is 14.2 Å². The Bertz CT molecular complexity index is 374. The van der Waals surface area contributed by atoms with Crippen molar-refractivity contribution in [3.05, 3.63) is 24.0 Å². The molecule has 0 aliphatic heterocycles. The second-order valence-electron chi connectivity index (χ2n) is 4.88. The van der Waals surface area contributed by atoms with Crippen LogP contribution < -0.4 is 0 Å². The van der Waals surface area contributed by atoms with Gasteiger partial charge in [0.25, 0.3) is 0 Å². The van der Waals surface area contributed by atoms with Gasteiger partial charge in [0.2, 0.25) is 5.91 Å². The van der Waals surface area contributed by atoms with Crippen LogP contribution in [0.25, 0.3) is 0 Å². The van der Waals surface area contributed by atoms with Crippen LogP contribution in [0.2, 0.25) is 0 Å². The summed E-state index contributed by atoms with van der Waals surface area (Å²) in [5.74, 6) is 0.249. The predicted molar refractivity (Wildman–Crippen MR) is 76.8 cm³/mol. The van der Waals surface area contributed by atoms with E-state index in [0.717, 1.165) is 25.8 Å². The van der Waals surface area contributed by atoms with Crippen molar-refractivity contribution in [3.8, 4) is 0 Å². The maximum absolute atomic E-state index is 12.2. The minimum absolute atomic E-state index is 0.249. The molecule has 0 spiro atoms. The third kappa shape index (κ3) is 5.47. The van der Waals surface area contributed by atoms with E-state index in [1.54, 1.807) is 7.11 Å². The van der Waals surface area contributed by atoms with Gasteiger partial charge in [-0.2, -0.15) is 0 Å². The summed E-state index contributed by atoms with van der Waals surface area (Å²) < 4.78 is 7.13. The van der Waals surface area contributed by atoms with Crippen LogP contribution in [0.3, 0.4) is 0 Å². The number of unbranched alkanes of at least 4 members (excludes halogenated alkanes) is 1. The monoisotopic (exact) mass is 266 g/mol. The van der Waals surface area contributed by atoms with Crippen molar-refractivity contribution < 1.29 is 9.53 Å². The zero-order chi connectivity index (χ0) is 14.1. The molecule has 1 amide bonds. The maximum atomic E-state index is 12.2. The molecule has 4 nitrogen and oxygen atoms in total. The molecule has 0 bridgehead atoms. The Hall–Kier alpha value is -1.29. The molecule has 108 valence electrons. The van der Waals surface area contributed by atoms with Gasteiger partial charge >= 0.3 is 0 Å². The quantitative estimate of drug-likeness (QED) is 0.644. The molecule has 4 heteroatoms. The highest BCUT2D eigenvalue weighted by Crippen LogP contribution is 2.09. The van der Waals surface area contributed by atoms with Gasteiger partial charge in [0.05, 0.1) is 6.54 Å². The normalized spacial score (nSPS) is 10.7. The smallest absolute Gasteiger partial charge is 0.222 e. The number of rotatable bonds is 9. The number of carbonyl (C=O) groups is 1. The Morgan fingerprint density at radius 2 is 2.21 bits per heavy atom. The Labute approximate surface area is 116 Å². The average molecular weight is 266 g/mol. The first-order valence-electron chi connectivity index (χ1n) is 7.06. The fraction of sp³-hybridized carbons (Fsp3) is 0.667. The zero-order valence-corrected chi connectivity index (χ0v) is 12.4. The standard InChI is InChI=1S/C15H26N2O2/c1-4-5-9-15(18)17(11-7-12-19-3)13-14-8-6-10-16(14)2/h6,8,10H,4-5,7,9,11-13H2,1-3H3. The van der Waals surface area contributed by atoms with Crippen LogP contribution in [0.15, 0.2) is 18.3 Å². The van der Waals surface area contributed by atoms with Crippen molar-refractivity contribution in [1.29, 1.82) is 0 Å². The van der Waals surface area contributed by atoms with Gasteiger partial charge in [-0.05, 0) is 25.0 Å². The minimum Gasteiger partial charge on any atom is -0.385 e. The molecule has 1 aromatic rings. The predicted octanol–water partition coefficient (Wildman–Crippen LogP) is 2.58. The van der Waals surface area contributed by atoms with Crippen molar-refractivity contribution in [2.45, 2.75) is 39.2 Å². The molecule has 1 heterocycles. The molecule has 1 aromatic heterocycles. The molecule has 0 fully saturated rings. The molecule has 0 aromatic carbocycles. The van der Waals surface area contributed by atoms with Crippen molar-refractivity contribution in [1.82, 2.24) is 9.47 Å². The van der Waals surface area contributed by atoms with Gasteiger partial charge in [0.1, 0.15) is 0 Å². The first-order chi connectivity index (χ1) is 9.19. The Balaban J connectivity index is 2.57. The second kappa shape index (κ2) is 8.75. The molecule has 0 aliphatic rings. The Morgan fingerprint density at radius 3 is 2.79 bits per heavy atom. The maximum Gasteiger partial charge on any atom is 0.222 e. The molecule has 0 saturated carbocycles. The number of hydrogen-bond acceptors (Lipinski definition) is 2. The van der Waals surface area contributed by atoms with Gasteiger partial charge in [0, 0.05) is 45.6 Å². The summed E-state index contributed by atoms with van der Waals surface area (Å²) in [4.78, 5) is 14.2. The van der Waals surface area contributed by atoms with Crippen molar-refractivity contribution in [3.63, 3.8) is 0 Å². The molecule has 19 heavy (non-hydrogen) atoms. The molecular formula is C15H26N2O2. The lowest BCUT2D eigenvalue weighted by molar-refractivity contribution is -0.132. The van der Waals surface area contributed by atoms with Gasteiger partial charge in [0.15, 0.2) is 0 Å². The number of hydrogen-bond donors (Lipinski definition) is 0. The van der Waals surface area contributed by atoms with Crippen molar-refractivity contribution >= 4 is 5.91 Å². The Kier molecular flexibility index (Phi) is 7.26. The molecule has 1 rings (SSSR count). The van der Waals surface area contributed by atoms with E-state index in [1.165, 1.54) is 5.69 Å². The topological polar surface area (TPSA) is 34.5 Å². The summed E-state index contributed by atoms with van der Waals surface area (Å²) in [6, 6.07) is 4.08. The van der Waals surface area contributed by atoms with Crippen molar-refractivity contribution in [2.24, 2.45) is 7.05 Å². The summed E-state index contributed by atoms with van der Waals surface area (Å²) in [6.45, 7) is 4.27. The van der Waals surface area contributed by atoms with Gasteiger partial charge in [-0.15, -0.1) is 0 Å². The number of amides is 1. The lowest BCUT2D eigenvalue weighted by atomic mass is 10.2. The number of aryl methyl sites for hydroxylation is 1. The second-order valence-corrected chi connectivity index (χ2v) is 4.88. The van der Waals surface area contributed by atoms with E-state index < -0.39 is 0 Å². The first kappa shape index (κ1) is 15.8. The van der Waals surface area contributed by atoms with E-state index in [-0.39, 0.29) is 5.91 Å². The summed E-state index contributed by atoms with van der Waals surface area (Å²) in [5.41, 5.74) is 1.17. The van der Waals surface area contributed by atoms with E-state index in [1.807, 2.05) is 24.2 Å². The third-order valence-electron chi connectivity index (χ3n) is 3.28. The Morgan fingerprint density at radius 1 is 1.42 bits per heavy atom. The van der Waals surface area contributed by atoms with Crippen LogP contribution in [-0.4, -0.2) is 35.6 Å². The summed E-state index contributed by atoms with van der Waals surface area (Å²) >= 11 is 0. The van der Waals surface area contributed by atoms with E-state index in [2.05, 4.69) is 17.6 Å². The van der Waals surface area contributed by atoms with Gasteiger partial charge in [-0.3, -0.25) is 4.79 Å². The molecular weight excluding hydrogens is 240 g/mol. The van der Waals surface area contributed by atoms with Gasteiger partial charge in [-0.25, -0.2) is 0 Å². The number of nitrogens with zero attached hydrogens (tertiary/aromatic N) is 2. The lowest BCUT2D eigenvalue weighted by Crippen LogP contribution is -2.32. The van der Waals surface area contributed by atoms with Crippen LogP contribution in [0.1, 0.15) is 38.3 Å². The molecule has 0 unspecified atom stereocenters. The molecule has 0 atom stereocenters. The third-order valence-corrected chi connectivity index (χ3v) is 3.28. The largest absolute Gasteiger partial charge is 0.385 e. The van der Waals surface area contributed by atoms with E-state index >= 15 is 0 Å². The fourth-order valence-corrected chi connectivity index (χ4v) is 2.03. The van der Waals surface area contributed by atoms with Crippen LogP contribution in [0.4, 0.5) is 0 Å². The van der Waals surface area contributed by atoms with Crippen LogP contribution in [0, 0.1) is 0 Å². The fourth-order valence-electron chi connectivity index (χ4n) is 2.03. The number of ether oxygens (including phenoxy) is 1. The minimum atomic E-state index is 0.249. The van der Waals surface area contributed by atoms with Crippen LogP contribution in [0.5, 0.6) is 0 Å². The van der Waals surface area contributed by atoms with Crippen LogP contribution >= 0.6 is 0 Å². The molecule has 0 aliphatic carbocycles. The molecule has 0 N–H and O–H groups in total. The number of aromatic nitrogens is 1. The van der Waals surface area contributed by atoms with E-state index in [0.29, 0.717) is 19.6 Å².